The van der Waals surface area contributed by atoms with Crippen LogP contribution in [0, 0.1) is 5.92 Å². The van der Waals surface area contributed by atoms with Crippen molar-refractivity contribution >= 4 is 91.1 Å². The number of anilines is 1. The van der Waals surface area contributed by atoms with Gasteiger partial charge in [-0.3, -0.25) is 4.21 Å². The maximum Gasteiger partial charge on any atom is 0.263 e. The summed E-state index contributed by atoms with van der Waals surface area (Å²) in [6.45, 7) is 6.09. The Kier molecular flexibility index (Phi) is 9.32. The molecule has 10 heteroatoms. The summed E-state index contributed by atoms with van der Waals surface area (Å²) in [5, 5.41) is 3.75. The Morgan fingerprint density at radius 1 is 1.12 bits per heavy atom. The number of aromatic nitrogens is 1. The average molecular weight is 677 g/mol. The third kappa shape index (κ3) is 5.93. The van der Waals surface area contributed by atoms with Crippen molar-refractivity contribution in [1.29, 1.82) is 0 Å². The Hall–Kier alpha value is -1.52. The highest BCUT2D eigenvalue weighted by Gasteiger charge is 2.28. The Labute approximate surface area is 273 Å². The number of rotatable bonds is 7. The van der Waals surface area contributed by atoms with Crippen LogP contribution in [-0.4, -0.2) is 24.1 Å². The quantitative estimate of drug-likeness (QED) is 0.184. The van der Waals surface area contributed by atoms with E-state index >= 15 is 0 Å². The van der Waals surface area contributed by atoms with Crippen LogP contribution in [0.2, 0.25) is 10.0 Å². The van der Waals surface area contributed by atoms with Gasteiger partial charge in [0.1, 0.15) is 11.2 Å². The first kappa shape index (κ1) is 30.5. The van der Waals surface area contributed by atoms with Crippen LogP contribution in [0.5, 0.6) is 0 Å². The lowest BCUT2D eigenvalue weighted by atomic mass is 9.77. The van der Waals surface area contributed by atoms with Crippen molar-refractivity contribution in [1.82, 2.24) is 0 Å². The molecule has 0 bridgehead atoms. The molecule has 2 atom stereocenters. The van der Waals surface area contributed by atoms with Crippen molar-refractivity contribution in [3.63, 3.8) is 0 Å². The molecule has 0 N–H and O–H groups in total. The number of aryl methyl sites for hydroxylation is 1. The number of nitrogens with zero attached hydrogens (tertiary/aromatic N) is 2. The van der Waals surface area contributed by atoms with Crippen molar-refractivity contribution in [3.8, 4) is 0 Å². The Morgan fingerprint density at radius 3 is 2.67 bits per heavy atom. The molecule has 0 spiro atoms. The fourth-order valence-electron chi connectivity index (χ4n) is 6.00. The minimum atomic E-state index is -1.12. The van der Waals surface area contributed by atoms with E-state index in [0.29, 0.717) is 15.8 Å². The van der Waals surface area contributed by atoms with Gasteiger partial charge in [-0.05, 0) is 86.4 Å². The third-order valence-corrected chi connectivity index (χ3v) is 12.7. The zero-order valence-electron chi connectivity index (χ0n) is 24.0. The van der Waals surface area contributed by atoms with E-state index in [4.69, 9.17) is 27.4 Å². The number of fused-ring (bicyclic) bond motifs is 3. The highest BCUT2D eigenvalue weighted by Crippen LogP contribution is 2.50. The van der Waals surface area contributed by atoms with Crippen molar-refractivity contribution in [2.45, 2.75) is 60.8 Å². The molecule has 3 aromatic rings. The van der Waals surface area contributed by atoms with Gasteiger partial charge in [0.25, 0.3) is 5.01 Å². The van der Waals surface area contributed by atoms with Gasteiger partial charge in [0.2, 0.25) is 5.52 Å². The second-order valence-corrected chi connectivity index (χ2v) is 15.8. The van der Waals surface area contributed by atoms with E-state index in [-0.39, 0.29) is 0 Å². The van der Waals surface area contributed by atoms with Crippen molar-refractivity contribution in [2.24, 2.45) is 5.92 Å². The summed E-state index contributed by atoms with van der Waals surface area (Å²) in [6.07, 6.45) is 15.8. The van der Waals surface area contributed by atoms with E-state index < -0.39 is 10.8 Å². The number of halogens is 2. The summed E-state index contributed by atoms with van der Waals surface area (Å²) in [5.41, 5.74) is 6.45. The molecule has 6 rings (SSSR count). The van der Waals surface area contributed by atoms with E-state index in [9.17, 15) is 4.21 Å². The summed E-state index contributed by atoms with van der Waals surface area (Å²) in [6, 6.07) is 8.17. The molecule has 4 nitrogen and oxygen atoms in total. The molecule has 3 aliphatic rings. The predicted octanol–water partition coefficient (Wildman–Crippen LogP) is 9.82. The predicted molar refractivity (Wildman–Crippen MR) is 182 cm³/mol. The number of hydrogen-bond acceptors (Lipinski definition) is 6. The minimum Gasteiger partial charge on any atom is -0.335 e. The largest absolute Gasteiger partial charge is 0.335 e. The number of thioether (sulfide) groups is 1. The van der Waals surface area contributed by atoms with Crippen molar-refractivity contribution < 1.29 is 13.0 Å². The monoisotopic (exact) mass is 675 g/mol. The van der Waals surface area contributed by atoms with E-state index in [2.05, 4.69) is 59.8 Å². The molecule has 0 fully saturated rings. The van der Waals surface area contributed by atoms with Crippen molar-refractivity contribution in [3.05, 3.63) is 79.3 Å². The highest BCUT2D eigenvalue weighted by molar-refractivity contribution is 8.03. The first-order valence-electron chi connectivity index (χ1n) is 14.1. The number of benzene rings is 2. The summed E-state index contributed by atoms with van der Waals surface area (Å²) in [7, 11) is 0.550. The van der Waals surface area contributed by atoms with E-state index in [1.807, 2.05) is 23.9 Å². The Morgan fingerprint density at radius 2 is 1.93 bits per heavy atom. The van der Waals surface area contributed by atoms with Crippen LogP contribution in [0.25, 0.3) is 16.3 Å². The minimum absolute atomic E-state index is 0.571. The first-order chi connectivity index (χ1) is 20.3. The van der Waals surface area contributed by atoms with Gasteiger partial charge in [-0.1, -0.05) is 58.5 Å². The first-order valence-corrected chi connectivity index (χ1v) is 18.8. The third-order valence-electron chi connectivity index (χ3n) is 8.04. The fraction of sp³-hybridized carbons (Fsp3) is 0.344. The molecule has 0 saturated carbocycles. The fourth-order valence-corrected chi connectivity index (χ4v) is 10.4. The summed E-state index contributed by atoms with van der Waals surface area (Å²) >= 11 is 17.9. The summed E-state index contributed by atoms with van der Waals surface area (Å²) in [4.78, 5) is 5.22. The number of thiazole rings is 1. The molecule has 2 aromatic carbocycles. The van der Waals surface area contributed by atoms with Crippen LogP contribution in [0.15, 0.2) is 78.9 Å². The standard InChI is InChI=1S/C32H33Cl2N2O2S4/c1-5-35-25-15-23(33)27(41-38-3)17-28(25)39-31(35)13-19-7-9-21-10-8-20(12-22(21)11-19)14-32-36(6-2)26-16-24(34)30(42(4)37)18-29(26)40-32/h11-18,21H,5-10H2,1-4H3/q+1. The molecule has 0 saturated heterocycles. The molecule has 1 aromatic heterocycles. The zero-order valence-corrected chi connectivity index (χ0v) is 28.8. The molecule has 0 amide bonds. The van der Waals surface area contributed by atoms with Crippen LogP contribution in [0.4, 0.5) is 5.69 Å². The molecule has 220 valence electrons. The number of allylic oxidation sites excluding steroid dienone is 6. The number of hydrogen-bond donors (Lipinski definition) is 0. The molecule has 42 heavy (non-hydrogen) atoms. The van der Waals surface area contributed by atoms with Crippen LogP contribution in [0.3, 0.4) is 0 Å². The average Bonchev–Trinajstić information content (AvgIpc) is 3.47. The zero-order chi connectivity index (χ0) is 29.5. The van der Waals surface area contributed by atoms with Crippen molar-refractivity contribution in [2.75, 3.05) is 24.8 Å². The molecule has 2 unspecified atom stereocenters. The molecule has 2 aliphatic carbocycles. The van der Waals surface area contributed by atoms with Gasteiger partial charge >= 0.3 is 0 Å². The molecule has 0 radical (unpaired) electrons. The molecular weight excluding hydrogens is 644 g/mol. The summed E-state index contributed by atoms with van der Waals surface area (Å²) in [5.74, 6) is 0.619. The normalized spacial score (nSPS) is 21.1. The molecule has 2 heterocycles. The summed E-state index contributed by atoms with van der Waals surface area (Å²) < 4.78 is 20.9. The van der Waals surface area contributed by atoms with E-state index in [1.54, 1.807) is 24.7 Å². The molecular formula is C32H33Cl2N2O2S4+. The van der Waals surface area contributed by atoms with Gasteiger partial charge < -0.3 is 9.08 Å². The van der Waals surface area contributed by atoms with Gasteiger partial charge in [0.05, 0.1) is 48.5 Å². The molecule has 1 aliphatic heterocycles. The van der Waals surface area contributed by atoms with Crippen LogP contribution < -0.4 is 9.47 Å². The van der Waals surface area contributed by atoms with Gasteiger partial charge in [-0.15, -0.1) is 0 Å². The lowest BCUT2D eigenvalue weighted by molar-refractivity contribution is -0.665. The Bertz CT molecular complexity index is 1720. The van der Waals surface area contributed by atoms with Gasteiger partial charge in [-0.2, -0.15) is 4.57 Å². The van der Waals surface area contributed by atoms with Gasteiger partial charge in [-0.25, -0.2) is 0 Å². The Balaban J connectivity index is 1.31. The van der Waals surface area contributed by atoms with Gasteiger partial charge in [0.15, 0.2) is 0 Å². The highest BCUT2D eigenvalue weighted by atomic mass is 35.5. The van der Waals surface area contributed by atoms with E-state index in [0.717, 1.165) is 46.1 Å². The smallest absolute Gasteiger partial charge is 0.263 e. The lowest BCUT2D eigenvalue weighted by Gasteiger charge is -2.28. The lowest BCUT2D eigenvalue weighted by Crippen LogP contribution is -2.33. The SMILES string of the molecule is CCN1C(=CC2=CC3=CC(=Cc4sc5cc(S(C)=O)c(Cl)cc5[n+]4CC)CCC3CC2)Sc2cc(SOC)c(Cl)cc21. The van der Waals surface area contributed by atoms with Crippen LogP contribution in [-0.2, 0) is 21.5 Å². The van der Waals surface area contributed by atoms with Crippen LogP contribution >= 0.6 is 58.3 Å². The van der Waals surface area contributed by atoms with Gasteiger partial charge in [0, 0.05) is 41.9 Å². The maximum absolute atomic E-state index is 12.2. The maximum atomic E-state index is 12.2. The second-order valence-electron chi connectivity index (χ2n) is 10.6. The van der Waals surface area contributed by atoms with Crippen LogP contribution in [0.1, 0.15) is 44.5 Å². The van der Waals surface area contributed by atoms with E-state index in [1.165, 1.54) is 62.2 Å². The topological polar surface area (TPSA) is 33.4 Å². The second kappa shape index (κ2) is 12.8.